The van der Waals surface area contributed by atoms with E-state index in [0.717, 1.165) is 16.7 Å². The van der Waals surface area contributed by atoms with E-state index in [0.29, 0.717) is 23.4 Å². The molecule has 1 atom stereocenters. The maximum Gasteiger partial charge on any atom is 0.335 e. The van der Waals surface area contributed by atoms with Crippen LogP contribution in [0.5, 0.6) is 0 Å². The first-order chi connectivity index (χ1) is 22.8. The summed E-state index contributed by atoms with van der Waals surface area (Å²) in [6.07, 6.45) is -0.0548. The van der Waals surface area contributed by atoms with Crippen molar-refractivity contribution in [3.05, 3.63) is 122 Å². The van der Waals surface area contributed by atoms with Gasteiger partial charge in [0.15, 0.2) is 7.85 Å². The van der Waals surface area contributed by atoms with E-state index in [-0.39, 0.29) is 22.6 Å². The predicted molar refractivity (Wildman–Crippen MR) is 181 cm³/mol. The Morgan fingerprint density at radius 2 is 1.51 bits per heavy atom. The summed E-state index contributed by atoms with van der Waals surface area (Å²) in [5.74, 6) is -4.08. The fraction of sp³-hybridized carbons (Fsp3) is 0.242. The second-order valence-corrected chi connectivity index (χ2v) is 14.1. The van der Waals surface area contributed by atoms with Gasteiger partial charge in [-0.25, -0.2) is 26.6 Å². The second-order valence-electron chi connectivity index (χ2n) is 12.5. The number of aryl methyl sites for hydroxylation is 1. The van der Waals surface area contributed by atoms with Crippen molar-refractivity contribution in [3.63, 3.8) is 0 Å². The number of hydrogen-bond donors (Lipinski definition) is 3. The Balaban J connectivity index is 1.48. The van der Waals surface area contributed by atoms with Gasteiger partial charge in [0.25, 0.3) is 27.4 Å². The highest BCUT2D eigenvalue weighted by atomic mass is 32.2. The number of anilines is 1. The summed E-state index contributed by atoms with van der Waals surface area (Å²) in [6.45, 7) is 6.97. The SMILES string of the molecule is BC(=O)[C@H](Cc1ccc(-n2c(=O)cc(C)n(C)c2=O)cc1)NC(=O)c1cc(F)c(NS(=O)(=O)c2ccc(C(=O)NC(C)(C)C)cc2)cc1F. The maximum absolute atomic E-state index is 15.1. The molecule has 1 aromatic heterocycles. The molecule has 0 unspecified atom stereocenters. The van der Waals surface area contributed by atoms with E-state index in [1.54, 1.807) is 39.8 Å². The number of amides is 2. The lowest BCUT2D eigenvalue weighted by Crippen LogP contribution is -2.43. The molecule has 3 N–H and O–H groups in total. The average Bonchev–Trinajstić information content (AvgIpc) is 3.01. The molecule has 0 aliphatic carbocycles. The molecule has 3 aromatic carbocycles. The first kappa shape index (κ1) is 36.5. The number of hydrogen-bond acceptors (Lipinski definition) is 7. The van der Waals surface area contributed by atoms with Gasteiger partial charge >= 0.3 is 5.69 Å². The van der Waals surface area contributed by atoms with Crippen molar-refractivity contribution < 1.29 is 31.6 Å². The molecule has 12 nitrogen and oxygen atoms in total. The van der Waals surface area contributed by atoms with Crippen molar-refractivity contribution in [2.24, 2.45) is 7.05 Å². The zero-order valence-electron chi connectivity index (χ0n) is 27.6. The van der Waals surface area contributed by atoms with E-state index >= 15 is 8.78 Å². The van der Waals surface area contributed by atoms with Crippen molar-refractivity contribution in [1.82, 2.24) is 19.8 Å². The van der Waals surface area contributed by atoms with E-state index in [2.05, 4.69) is 10.6 Å². The van der Waals surface area contributed by atoms with Gasteiger partial charge in [0, 0.05) is 36.0 Å². The van der Waals surface area contributed by atoms with Crippen LogP contribution in [0.25, 0.3) is 5.69 Å². The van der Waals surface area contributed by atoms with Crippen molar-refractivity contribution >= 4 is 41.1 Å². The first-order valence-corrected chi connectivity index (χ1v) is 16.4. The Kier molecular flexibility index (Phi) is 10.4. The summed E-state index contributed by atoms with van der Waals surface area (Å²) in [4.78, 5) is 62.5. The van der Waals surface area contributed by atoms with Crippen molar-refractivity contribution in [3.8, 4) is 5.69 Å². The summed E-state index contributed by atoms with van der Waals surface area (Å²) in [5.41, 5.74) is -2.14. The lowest BCUT2D eigenvalue weighted by atomic mass is 9.90. The quantitative estimate of drug-likeness (QED) is 0.214. The highest BCUT2D eigenvalue weighted by Crippen LogP contribution is 2.24. The Labute approximate surface area is 281 Å². The molecule has 0 saturated heterocycles. The fourth-order valence-corrected chi connectivity index (χ4v) is 5.78. The second kappa shape index (κ2) is 14.0. The molecule has 16 heteroatoms. The standard InChI is InChI=1S/C33H34BF2N5O7S/c1-18-14-28(42)41(32(46)40(18)5)21-10-6-19(7-11-21)15-27(29(34)43)37-31(45)23-16-25(36)26(17-24(23)35)39-49(47,48)22-12-8-20(9-13-22)30(44)38-33(2,3)4/h6-14,16-17,27,39H,15,34H2,1-5H3,(H,37,45)(H,38,44)/t27-/m0/s1. The lowest BCUT2D eigenvalue weighted by Gasteiger charge is -2.20. The van der Waals surface area contributed by atoms with Gasteiger partial charge in [0.1, 0.15) is 17.3 Å². The highest BCUT2D eigenvalue weighted by Gasteiger charge is 2.24. The van der Waals surface area contributed by atoms with Crippen LogP contribution in [0.2, 0.25) is 0 Å². The molecule has 2 amide bonds. The summed E-state index contributed by atoms with van der Waals surface area (Å²) in [5, 5.41) is 5.11. The number of nitrogens with one attached hydrogen (secondary N) is 3. The molecule has 0 aliphatic heterocycles. The normalized spacial score (nSPS) is 12.2. The molecular weight excluding hydrogens is 659 g/mol. The minimum atomic E-state index is -4.43. The molecule has 4 rings (SSSR count). The third kappa shape index (κ3) is 8.57. The van der Waals surface area contributed by atoms with Gasteiger partial charge in [0.2, 0.25) is 0 Å². The summed E-state index contributed by atoms with van der Waals surface area (Å²) < 4.78 is 60.2. The van der Waals surface area contributed by atoms with Crippen molar-refractivity contribution in [2.75, 3.05) is 4.72 Å². The maximum atomic E-state index is 15.1. The topological polar surface area (TPSA) is 165 Å². The third-order valence-corrected chi connectivity index (χ3v) is 8.83. The molecular formula is C33H34BF2N5O7S. The molecule has 0 bridgehead atoms. The highest BCUT2D eigenvalue weighted by molar-refractivity contribution is 7.92. The van der Waals surface area contributed by atoms with Gasteiger partial charge in [-0.3, -0.25) is 19.1 Å². The zero-order valence-corrected chi connectivity index (χ0v) is 28.4. The van der Waals surface area contributed by atoms with Crippen LogP contribution < -0.4 is 26.6 Å². The Bertz CT molecular complexity index is 2180. The Morgan fingerprint density at radius 3 is 2.08 bits per heavy atom. The zero-order chi connectivity index (χ0) is 36.4. The van der Waals surface area contributed by atoms with Gasteiger partial charge in [-0.1, -0.05) is 12.1 Å². The van der Waals surface area contributed by atoms with E-state index in [4.69, 9.17) is 0 Å². The summed E-state index contributed by atoms with van der Waals surface area (Å²) in [6, 6.07) is 12.1. The largest absolute Gasteiger partial charge is 0.347 e. The number of carbonyl (C=O) groups excluding carboxylic acids is 3. The monoisotopic (exact) mass is 693 g/mol. The molecule has 0 saturated carbocycles. The van der Waals surface area contributed by atoms with E-state index in [9.17, 15) is 32.4 Å². The van der Waals surface area contributed by atoms with Gasteiger partial charge in [-0.15, -0.1) is 0 Å². The van der Waals surface area contributed by atoms with Gasteiger partial charge in [-0.05, 0) is 82.1 Å². The summed E-state index contributed by atoms with van der Waals surface area (Å²) in [7, 11) is -1.70. The number of carbonyl (C=O) groups is 3. The first-order valence-electron chi connectivity index (χ1n) is 14.9. The van der Waals surface area contributed by atoms with Crippen LogP contribution in [-0.4, -0.2) is 54.5 Å². The lowest BCUT2D eigenvalue weighted by molar-refractivity contribution is -0.113. The van der Waals surface area contributed by atoms with Gasteiger partial charge in [0.05, 0.1) is 27.9 Å². The van der Waals surface area contributed by atoms with Crippen LogP contribution in [-0.2, 0) is 28.3 Å². The third-order valence-electron chi connectivity index (χ3n) is 7.45. The summed E-state index contributed by atoms with van der Waals surface area (Å²) >= 11 is 0. The number of sulfonamides is 1. The molecule has 4 aromatic rings. The molecule has 0 radical (unpaired) electrons. The smallest absolute Gasteiger partial charge is 0.335 e. The van der Waals surface area contributed by atoms with E-state index in [1.807, 2.05) is 4.72 Å². The van der Waals surface area contributed by atoms with Crippen LogP contribution in [0.4, 0.5) is 14.5 Å². The van der Waals surface area contributed by atoms with Gasteiger partial charge < -0.3 is 20.0 Å². The average molecular weight is 694 g/mol. The molecule has 0 fully saturated rings. The minimum Gasteiger partial charge on any atom is -0.347 e. The van der Waals surface area contributed by atoms with Gasteiger partial charge in [-0.2, -0.15) is 0 Å². The number of benzene rings is 3. The number of aromatic nitrogens is 2. The fourth-order valence-electron chi connectivity index (χ4n) is 4.72. The van der Waals surface area contributed by atoms with Crippen LogP contribution in [0.3, 0.4) is 0 Å². The molecule has 0 spiro atoms. The Morgan fingerprint density at radius 1 is 0.898 bits per heavy atom. The van der Waals surface area contributed by atoms with Crippen LogP contribution in [0.1, 0.15) is 52.7 Å². The predicted octanol–water partition coefficient (Wildman–Crippen LogP) is 1.95. The molecule has 256 valence electrons. The number of nitrogens with zero attached hydrogens (tertiary/aromatic N) is 2. The van der Waals surface area contributed by atoms with E-state index in [1.165, 1.54) is 49.8 Å². The van der Waals surface area contributed by atoms with Crippen molar-refractivity contribution in [1.29, 1.82) is 0 Å². The molecule has 0 aliphatic rings. The minimum absolute atomic E-state index is 0.0548. The van der Waals surface area contributed by atoms with Crippen molar-refractivity contribution in [2.45, 2.75) is 50.6 Å². The Hall–Kier alpha value is -5.38. The van der Waals surface area contributed by atoms with Crippen LogP contribution in [0, 0.1) is 18.6 Å². The number of rotatable bonds is 10. The molecule has 1 heterocycles. The van der Waals surface area contributed by atoms with E-state index < -0.39 is 73.2 Å². The van der Waals surface area contributed by atoms with Crippen LogP contribution in [0.15, 0.2) is 81.2 Å². The van der Waals surface area contributed by atoms with Crippen LogP contribution >= 0.6 is 0 Å². The molecule has 49 heavy (non-hydrogen) atoms. The number of halogens is 2.